The summed E-state index contributed by atoms with van der Waals surface area (Å²) in [6.45, 7) is 5.26. The third-order valence-electron chi connectivity index (χ3n) is 2.70. The number of benzene rings is 1. The Morgan fingerprint density at radius 3 is 2.39 bits per heavy atom. The van der Waals surface area contributed by atoms with Crippen LogP contribution in [0.15, 0.2) is 23.1 Å². The van der Waals surface area contributed by atoms with E-state index in [1.165, 1.54) is 19.2 Å². The highest BCUT2D eigenvalue weighted by Gasteiger charge is 2.21. The molecule has 9 nitrogen and oxygen atoms in total. The fourth-order valence-electron chi connectivity index (χ4n) is 1.73. The van der Waals surface area contributed by atoms with Crippen molar-refractivity contribution in [1.82, 2.24) is 10.0 Å². The molecular weight excluding hydrogens is 324 g/mol. The molecule has 0 unspecified atom stereocenters. The lowest BCUT2D eigenvalue weighted by molar-refractivity contribution is -0.384. The molecule has 10 heteroatoms. The quantitative estimate of drug-likeness (QED) is 0.517. The van der Waals surface area contributed by atoms with Gasteiger partial charge in [0.05, 0.1) is 16.4 Å². The van der Waals surface area contributed by atoms with Crippen LogP contribution in [0.4, 0.5) is 11.4 Å². The van der Waals surface area contributed by atoms with Gasteiger partial charge in [0, 0.05) is 11.6 Å². The molecule has 0 heterocycles. The van der Waals surface area contributed by atoms with Gasteiger partial charge in [-0.3, -0.25) is 14.9 Å². The van der Waals surface area contributed by atoms with Gasteiger partial charge >= 0.3 is 0 Å². The summed E-state index contributed by atoms with van der Waals surface area (Å²) < 4.78 is 25.5. The molecule has 0 aromatic heterocycles. The first kappa shape index (κ1) is 18.8. The fourth-order valence-corrected chi connectivity index (χ4v) is 2.48. The summed E-state index contributed by atoms with van der Waals surface area (Å²) in [7, 11) is -2.58. The lowest BCUT2D eigenvalue weighted by atomic mass is 10.1. The number of anilines is 1. The van der Waals surface area contributed by atoms with E-state index in [0.717, 1.165) is 6.07 Å². The summed E-state index contributed by atoms with van der Waals surface area (Å²) in [6.07, 6.45) is 0. The van der Waals surface area contributed by atoms with Gasteiger partial charge < -0.3 is 10.6 Å². The molecule has 1 aromatic carbocycles. The van der Waals surface area contributed by atoms with Crippen LogP contribution in [-0.2, 0) is 14.8 Å². The summed E-state index contributed by atoms with van der Waals surface area (Å²) in [4.78, 5) is 21.9. The van der Waals surface area contributed by atoms with E-state index in [4.69, 9.17) is 0 Å². The van der Waals surface area contributed by atoms with Crippen LogP contribution in [0.3, 0.4) is 0 Å². The lowest BCUT2D eigenvalue weighted by Crippen LogP contribution is -2.43. The summed E-state index contributed by atoms with van der Waals surface area (Å²) in [5.74, 6) is -0.335. The van der Waals surface area contributed by atoms with E-state index in [-0.39, 0.29) is 23.0 Å². The van der Waals surface area contributed by atoms with E-state index in [1.807, 2.05) is 20.8 Å². The molecule has 0 atom stereocenters. The molecule has 1 aromatic rings. The second kappa shape index (κ2) is 6.92. The number of rotatable bonds is 6. The van der Waals surface area contributed by atoms with Crippen molar-refractivity contribution < 1.29 is 18.1 Å². The maximum absolute atomic E-state index is 11.7. The summed E-state index contributed by atoms with van der Waals surface area (Å²) >= 11 is 0. The van der Waals surface area contributed by atoms with Crippen LogP contribution < -0.4 is 15.4 Å². The van der Waals surface area contributed by atoms with Crippen molar-refractivity contribution in [2.75, 3.05) is 18.9 Å². The van der Waals surface area contributed by atoms with Gasteiger partial charge in [-0.2, -0.15) is 0 Å². The molecule has 0 bridgehead atoms. The zero-order chi connectivity index (χ0) is 17.8. The van der Waals surface area contributed by atoms with Gasteiger partial charge in [0.2, 0.25) is 15.9 Å². The van der Waals surface area contributed by atoms with Crippen molar-refractivity contribution in [2.24, 2.45) is 0 Å². The highest BCUT2D eigenvalue weighted by atomic mass is 32.2. The molecule has 0 aliphatic rings. The maximum Gasteiger partial charge on any atom is 0.293 e. The fraction of sp³-hybridized carbons (Fsp3) is 0.462. The van der Waals surface area contributed by atoms with Gasteiger partial charge in [-0.05, 0) is 40.0 Å². The Kier molecular flexibility index (Phi) is 5.67. The number of hydrogen-bond acceptors (Lipinski definition) is 6. The SMILES string of the molecule is CNS(=O)(=O)c1ccc(NCC(=O)NC(C)(C)C)c([N+](=O)[O-])c1. The normalized spacial score (nSPS) is 11.8. The molecule has 3 N–H and O–H groups in total. The number of nitrogens with zero attached hydrogens (tertiary/aromatic N) is 1. The number of sulfonamides is 1. The van der Waals surface area contributed by atoms with Crippen LogP contribution in [0.25, 0.3) is 0 Å². The van der Waals surface area contributed by atoms with Crippen LogP contribution in [0, 0.1) is 10.1 Å². The largest absolute Gasteiger partial charge is 0.371 e. The molecule has 23 heavy (non-hydrogen) atoms. The lowest BCUT2D eigenvalue weighted by Gasteiger charge is -2.20. The zero-order valence-electron chi connectivity index (χ0n) is 13.3. The van der Waals surface area contributed by atoms with Crippen LogP contribution >= 0.6 is 0 Å². The highest BCUT2D eigenvalue weighted by Crippen LogP contribution is 2.27. The van der Waals surface area contributed by atoms with Gasteiger partial charge in [0.25, 0.3) is 5.69 Å². The number of hydrogen-bond donors (Lipinski definition) is 3. The minimum Gasteiger partial charge on any atom is -0.371 e. The Bertz CT molecular complexity index is 710. The minimum absolute atomic E-state index is 0.0640. The van der Waals surface area contributed by atoms with E-state index < -0.39 is 26.2 Å². The maximum atomic E-state index is 11.7. The van der Waals surface area contributed by atoms with Crippen molar-refractivity contribution in [1.29, 1.82) is 0 Å². The second-order valence-corrected chi connectivity index (χ2v) is 7.68. The Morgan fingerprint density at radius 2 is 1.91 bits per heavy atom. The van der Waals surface area contributed by atoms with Crippen molar-refractivity contribution in [3.05, 3.63) is 28.3 Å². The predicted octanol–water partition coefficient (Wildman–Crippen LogP) is 0.829. The van der Waals surface area contributed by atoms with Crippen molar-refractivity contribution in [3.63, 3.8) is 0 Å². The van der Waals surface area contributed by atoms with Gasteiger partial charge in [-0.15, -0.1) is 0 Å². The predicted molar refractivity (Wildman–Crippen MR) is 85.7 cm³/mol. The van der Waals surface area contributed by atoms with Crippen LogP contribution in [0.1, 0.15) is 20.8 Å². The van der Waals surface area contributed by atoms with E-state index in [1.54, 1.807) is 0 Å². The Balaban J connectivity index is 3.00. The monoisotopic (exact) mass is 344 g/mol. The van der Waals surface area contributed by atoms with Crippen molar-refractivity contribution in [3.8, 4) is 0 Å². The number of nitrogens with one attached hydrogen (secondary N) is 3. The molecule has 0 aliphatic carbocycles. The number of amides is 1. The number of nitro benzene ring substituents is 1. The third kappa shape index (κ3) is 5.49. The van der Waals surface area contributed by atoms with Crippen LogP contribution in [0.5, 0.6) is 0 Å². The molecule has 0 radical (unpaired) electrons. The van der Waals surface area contributed by atoms with E-state index >= 15 is 0 Å². The smallest absolute Gasteiger partial charge is 0.293 e. The number of carbonyl (C=O) groups excluding carboxylic acids is 1. The van der Waals surface area contributed by atoms with Crippen LogP contribution in [0.2, 0.25) is 0 Å². The standard InChI is InChI=1S/C13H20N4O5S/c1-13(2,3)16-12(18)8-15-10-6-5-9(23(21,22)14-4)7-11(10)17(19)20/h5-7,14-15H,8H2,1-4H3,(H,16,18). The molecule has 1 rings (SSSR count). The zero-order valence-corrected chi connectivity index (χ0v) is 14.2. The highest BCUT2D eigenvalue weighted by molar-refractivity contribution is 7.89. The number of carbonyl (C=O) groups is 1. The van der Waals surface area contributed by atoms with E-state index in [0.29, 0.717) is 0 Å². The first-order chi connectivity index (χ1) is 10.5. The molecule has 1 amide bonds. The molecular formula is C13H20N4O5S. The summed E-state index contributed by atoms with van der Waals surface area (Å²) in [6, 6.07) is 3.42. The molecule has 128 valence electrons. The Labute approximate surface area is 134 Å². The second-order valence-electron chi connectivity index (χ2n) is 5.80. The first-order valence-electron chi connectivity index (χ1n) is 6.73. The Hall–Kier alpha value is -2.20. The van der Waals surface area contributed by atoms with Gasteiger partial charge in [-0.1, -0.05) is 0 Å². The van der Waals surface area contributed by atoms with E-state index in [2.05, 4.69) is 15.4 Å². The van der Waals surface area contributed by atoms with Gasteiger partial charge in [0.15, 0.2) is 0 Å². The third-order valence-corrected chi connectivity index (χ3v) is 4.11. The minimum atomic E-state index is -3.79. The summed E-state index contributed by atoms with van der Waals surface area (Å²) in [5.41, 5.74) is -0.783. The average Bonchev–Trinajstić information content (AvgIpc) is 2.42. The van der Waals surface area contributed by atoms with Crippen molar-refractivity contribution in [2.45, 2.75) is 31.2 Å². The Morgan fingerprint density at radius 1 is 1.30 bits per heavy atom. The van der Waals surface area contributed by atoms with Gasteiger partial charge in [0.1, 0.15) is 5.69 Å². The molecule has 0 fully saturated rings. The molecule has 0 spiro atoms. The van der Waals surface area contributed by atoms with E-state index in [9.17, 15) is 23.3 Å². The van der Waals surface area contributed by atoms with Crippen molar-refractivity contribution >= 4 is 27.3 Å². The molecule has 0 saturated heterocycles. The topological polar surface area (TPSA) is 130 Å². The number of nitro groups is 1. The molecule has 0 saturated carbocycles. The molecule has 0 aliphatic heterocycles. The van der Waals surface area contributed by atoms with Gasteiger partial charge in [-0.25, -0.2) is 13.1 Å². The van der Waals surface area contributed by atoms with Crippen LogP contribution in [-0.4, -0.2) is 38.4 Å². The first-order valence-corrected chi connectivity index (χ1v) is 8.21. The summed E-state index contributed by atoms with van der Waals surface area (Å²) in [5, 5.41) is 16.5. The average molecular weight is 344 g/mol.